The molecule has 2 rings (SSSR count). The third-order valence-corrected chi connectivity index (χ3v) is 4.76. The second-order valence-electron chi connectivity index (χ2n) is 5.30. The largest absolute Gasteiger partial charge is 0.345 e. The summed E-state index contributed by atoms with van der Waals surface area (Å²) in [5.74, 6) is 0.467. The molecule has 5 nitrogen and oxygen atoms in total. The Morgan fingerprint density at radius 1 is 1.50 bits per heavy atom. The molecule has 0 saturated heterocycles. The molecule has 0 unspecified atom stereocenters. The summed E-state index contributed by atoms with van der Waals surface area (Å²) >= 11 is 0. The number of hydrogen-bond donors (Lipinski definition) is 0. The number of carbonyl (C=O) groups is 1. The monoisotopic (exact) mass is 318 g/mol. The molecular formula is C13H19ClN2O3S. The first-order chi connectivity index (χ1) is 9.32. The van der Waals surface area contributed by atoms with Gasteiger partial charge in [0.15, 0.2) is 0 Å². The van der Waals surface area contributed by atoms with Gasteiger partial charge in [-0.3, -0.25) is 4.79 Å². The topological polar surface area (TPSA) is 59.4 Å². The molecule has 1 aliphatic rings. The van der Waals surface area contributed by atoms with Gasteiger partial charge in [0.2, 0.25) is 0 Å². The van der Waals surface area contributed by atoms with Crippen LogP contribution in [0, 0.1) is 5.92 Å². The van der Waals surface area contributed by atoms with Gasteiger partial charge < -0.3 is 9.47 Å². The van der Waals surface area contributed by atoms with Crippen molar-refractivity contribution in [1.82, 2.24) is 9.47 Å². The van der Waals surface area contributed by atoms with Crippen LogP contribution in [0.2, 0.25) is 0 Å². The first kappa shape index (κ1) is 15.4. The third kappa shape index (κ3) is 3.55. The minimum Gasteiger partial charge on any atom is -0.345 e. The quantitative estimate of drug-likeness (QED) is 0.756. The summed E-state index contributed by atoms with van der Waals surface area (Å²) in [5.41, 5.74) is 0.360. The second-order valence-corrected chi connectivity index (χ2v) is 7.87. The molecule has 0 aliphatic heterocycles. The molecule has 0 radical (unpaired) electrons. The van der Waals surface area contributed by atoms with E-state index < -0.39 is 9.05 Å². The first-order valence-corrected chi connectivity index (χ1v) is 9.04. The average molecular weight is 319 g/mol. The van der Waals surface area contributed by atoms with E-state index in [0.29, 0.717) is 18.2 Å². The molecular weight excluding hydrogens is 300 g/mol. The van der Waals surface area contributed by atoms with Crippen molar-refractivity contribution in [2.24, 2.45) is 13.0 Å². The molecule has 0 atom stereocenters. The van der Waals surface area contributed by atoms with Gasteiger partial charge in [0.1, 0.15) is 10.6 Å². The third-order valence-electron chi connectivity index (χ3n) is 3.44. The number of amides is 1. The summed E-state index contributed by atoms with van der Waals surface area (Å²) < 4.78 is 24.2. The Balaban J connectivity index is 2.23. The Morgan fingerprint density at radius 2 is 2.15 bits per heavy atom. The van der Waals surface area contributed by atoms with Crippen LogP contribution < -0.4 is 0 Å². The van der Waals surface area contributed by atoms with Crippen molar-refractivity contribution in [3.63, 3.8) is 0 Å². The highest BCUT2D eigenvalue weighted by atomic mass is 35.7. The Bertz CT molecular complexity index is 605. The summed E-state index contributed by atoms with van der Waals surface area (Å²) in [6.45, 7) is 3.46. The smallest absolute Gasteiger partial charge is 0.270 e. The predicted molar refractivity (Wildman–Crippen MR) is 77.4 cm³/mol. The maximum Gasteiger partial charge on any atom is 0.270 e. The van der Waals surface area contributed by atoms with E-state index in [0.717, 1.165) is 13.0 Å². The highest BCUT2D eigenvalue weighted by Gasteiger charge is 2.28. The van der Waals surface area contributed by atoms with E-state index in [4.69, 9.17) is 10.7 Å². The lowest BCUT2D eigenvalue weighted by molar-refractivity contribution is 0.0738. The number of halogens is 1. The van der Waals surface area contributed by atoms with Crippen molar-refractivity contribution in [2.75, 3.05) is 13.1 Å². The number of nitrogens with zero attached hydrogens (tertiary/aromatic N) is 2. The molecule has 0 bridgehead atoms. The van der Waals surface area contributed by atoms with Crippen LogP contribution in [-0.4, -0.2) is 36.9 Å². The van der Waals surface area contributed by atoms with Crippen LogP contribution in [0.15, 0.2) is 17.2 Å². The molecule has 1 aliphatic carbocycles. The van der Waals surface area contributed by atoms with Crippen LogP contribution in [-0.2, 0) is 16.1 Å². The van der Waals surface area contributed by atoms with E-state index in [9.17, 15) is 13.2 Å². The molecule has 7 heteroatoms. The zero-order valence-electron chi connectivity index (χ0n) is 11.7. The zero-order chi connectivity index (χ0) is 14.9. The van der Waals surface area contributed by atoms with Gasteiger partial charge >= 0.3 is 0 Å². The highest BCUT2D eigenvalue weighted by Crippen LogP contribution is 2.30. The van der Waals surface area contributed by atoms with Crippen LogP contribution in [0.1, 0.15) is 36.7 Å². The van der Waals surface area contributed by atoms with Crippen molar-refractivity contribution in [3.05, 3.63) is 18.0 Å². The SMILES string of the molecule is CCCN(CC1CC1)C(=O)c1cc(S(=O)(=O)Cl)cn1C. The molecule has 1 aromatic heterocycles. The molecule has 1 fully saturated rings. The summed E-state index contributed by atoms with van der Waals surface area (Å²) in [7, 11) is 3.16. The lowest BCUT2D eigenvalue weighted by atomic mass is 10.3. The fourth-order valence-electron chi connectivity index (χ4n) is 2.20. The maximum absolute atomic E-state index is 12.5. The van der Waals surface area contributed by atoms with Gasteiger partial charge in [-0.05, 0) is 31.2 Å². The first-order valence-electron chi connectivity index (χ1n) is 6.73. The van der Waals surface area contributed by atoms with Gasteiger partial charge in [0.25, 0.3) is 15.0 Å². The molecule has 0 spiro atoms. The predicted octanol–water partition coefficient (Wildman–Crippen LogP) is 2.21. The van der Waals surface area contributed by atoms with E-state index in [1.807, 2.05) is 6.92 Å². The van der Waals surface area contributed by atoms with Gasteiger partial charge in [0.05, 0.1) is 0 Å². The van der Waals surface area contributed by atoms with Crippen LogP contribution in [0.5, 0.6) is 0 Å². The minimum atomic E-state index is -3.81. The van der Waals surface area contributed by atoms with Crippen molar-refractivity contribution in [3.8, 4) is 0 Å². The molecule has 1 saturated carbocycles. The molecule has 0 N–H and O–H groups in total. The van der Waals surface area contributed by atoms with E-state index >= 15 is 0 Å². The lowest BCUT2D eigenvalue weighted by Gasteiger charge is -2.22. The summed E-state index contributed by atoms with van der Waals surface area (Å²) in [5, 5.41) is 0. The molecule has 1 amide bonds. The Labute approximate surface area is 123 Å². The minimum absolute atomic E-state index is 0.0344. The van der Waals surface area contributed by atoms with E-state index in [1.54, 1.807) is 11.9 Å². The Kier molecular flexibility index (Phi) is 4.44. The summed E-state index contributed by atoms with van der Waals surface area (Å²) in [4.78, 5) is 14.3. The van der Waals surface area contributed by atoms with Gasteiger partial charge in [-0.2, -0.15) is 0 Å². The Morgan fingerprint density at radius 3 is 2.60 bits per heavy atom. The average Bonchev–Trinajstić information content (AvgIpc) is 3.07. The zero-order valence-corrected chi connectivity index (χ0v) is 13.2. The highest BCUT2D eigenvalue weighted by molar-refractivity contribution is 8.13. The second kappa shape index (κ2) is 5.77. The molecule has 112 valence electrons. The molecule has 0 aromatic carbocycles. The van der Waals surface area contributed by atoms with Gasteiger partial charge in [-0.25, -0.2) is 8.42 Å². The van der Waals surface area contributed by atoms with Crippen molar-refractivity contribution >= 4 is 25.6 Å². The molecule has 1 aromatic rings. The number of carbonyl (C=O) groups excluding carboxylic acids is 1. The van der Waals surface area contributed by atoms with Crippen molar-refractivity contribution in [2.45, 2.75) is 31.1 Å². The van der Waals surface area contributed by atoms with Crippen LogP contribution in [0.3, 0.4) is 0 Å². The fraction of sp³-hybridized carbons (Fsp3) is 0.615. The van der Waals surface area contributed by atoms with E-state index in [-0.39, 0.29) is 10.8 Å². The van der Waals surface area contributed by atoms with Gasteiger partial charge in [-0.1, -0.05) is 6.92 Å². The van der Waals surface area contributed by atoms with Crippen molar-refractivity contribution < 1.29 is 13.2 Å². The van der Waals surface area contributed by atoms with Gasteiger partial charge in [0, 0.05) is 37.0 Å². The summed E-state index contributed by atoms with van der Waals surface area (Å²) in [6, 6.07) is 1.35. The van der Waals surface area contributed by atoms with E-state index in [1.165, 1.54) is 29.7 Å². The number of aromatic nitrogens is 1. The van der Waals surface area contributed by atoms with E-state index in [2.05, 4.69) is 0 Å². The standard InChI is InChI=1S/C13H19ClN2O3S/c1-3-6-16(8-10-4-5-10)13(17)12-7-11(9-15(12)2)20(14,18)19/h7,9-10H,3-6,8H2,1-2H3. The Hall–Kier alpha value is -1.01. The number of hydrogen-bond acceptors (Lipinski definition) is 3. The van der Waals surface area contributed by atoms with Gasteiger partial charge in [-0.15, -0.1) is 0 Å². The van der Waals surface area contributed by atoms with Crippen LogP contribution >= 0.6 is 10.7 Å². The maximum atomic E-state index is 12.5. The lowest BCUT2D eigenvalue weighted by Crippen LogP contribution is -2.34. The number of rotatable bonds is 6. The fourth-order valence-corrected chi connectivity index (χ4v) is 2.99. The van der Waals surface area contributed by atoms with Crippen LogP contribution in [0.25, 0.3) is 0 Å². The van der Waals surface area contributed by atoms with Crippen LogP contribution in [0.4, 0.5) is 0 Å². The molecule has 1 heterocycles. The molecule has 20 heavy (non-hydrogen) atoms. The van der Waals surface area contributed by atoms with Crippen molar-refractivity contribution in [1.29, 1.82) is 0 Å². The number of aryl methyl sites for hydroxylation is 1. The summed E-state index contributed by atoms with van der Waals surface area (Å²) in [6.07, 6.45) is 4.59. The normalized spacial score (nSPS) is 15.3.